The topological polar surface area (TPSA) is 17.8 Å². The lowest BCUT2D eigenvalue weighted by molar-refractivity contribution is 0.766. The number of allylic oxidation sites excluding steroid dienone is 2. The molecule has 2 nitrogen and oxygen atoms in total. The van der Waals surface area contributed by atoms with Gasteiger partial charge >= 0.3 is 0 Å². The van der Waals surface area contributed by atoms with Gasteiger partial charge in [0.15, 0.2) is 0 Å². The van der Waals surface area contributed by atoms with Crippen LogP contribution in [0.3, 0.4) is 0 Å². The van der Waals surface area contributed by atoms with Gasteiger partial charge in [-0.1, -0.05) is 27.6 Å². The molecule has 1 rings (SSSR count). The molecule has 78 valence electrons. The number of aromatic nitrogens is 2. The summed E-state index contributed by atoms with van der Waals surface area (Å²) in [4.78, 5) is 4.29. The van der Waals surface area contributed by atoms with Crippen LogP contribution in [0.4, 0.5) is 0 Å². The van der Waals surface area contributed by atoms with Crippen molar-refractivity contribution in [2.45, 2.75) is 26.2 Å². The molecule has 0 saturated heterocycles. The van der Waals surface area contributed by atoms with Gasteiger partial charge < -0.3 is 4.57 Å². The van der Waals surface area contributed by atoms with E-state index in [4.69, 9.17) is 0 Å². The van der Waals surface area contributed by atoms with Crippen LogP contribution in [0.25, 0.3) is 0 Å². The van der Waals surface area contributed by atoms with Crippen LogP contribution >= 0.6 is 15.9 Å². The molecular weight excluding hydrogens is 240 g/mol. The zero-order valence-electron chi connectivity index (χ0n) is 8.83. The third-order valence-electron chi connectivity index (χ3n) is 2.27. The maximum absolute atomic E-state index is 4.29. The number of alkyl halides is 1. The molecule has 0 amide bonds. The highest BCUT2D eigenvalue weighted by Gasteiger charge is 1.98. The molecule has 3 heteroatoms. The Morgan fingerprint density at radius 1 is 1.64 bits per heavy atom. The number of nitrogens with zero attached hydrogens (tertiary/aromatic N) is 2. The number of aryl methyl sites for hydroxylation is 2. The van der Waals surface area contributed by atoms with E-state index in [2.05, 4.69) is 38.5 Å². The molecule has 1 heterocycles. The second kappa shape index (κ2) is 6.02. The molecule has 0 aliphatic rings. The zero-order chi connectivity index (χ0) is 10.4. The molecule has 1 aromatic rings. The molecule has 14 heavy (non-hydrogen) atoms. The van der Waals surface area contributed by atoms with E-state index in [0.29, 0.717) is 0 Å². The predicted octanol–water partition coefficient (Wildman–Crippen LogP) is 3.08. The number of hydrogen-bond donors (Lipinski definition) is 0. The van der Waals surface area contributed by atoms with Gasteiger partial charge in [0.05, 0.1) is 0 Å². The average Bonchev–Trinajstić information content (AvgIpc) is 2.58. The molecule has 0 atom stereocenters. The molecule has 0 aromatic carbocycles. The maximum atomic E-state index is 4.29. The van der Waals surface area contributed by atoms with Crippen molar-refractivity contribution in [2.75, 3.05) is 5.33 Å². The number of hydrogen-bond acceptors (Lipinski definition) is 1. The predicted molar refractivity (Wildman–Crippen MR) is 63.7 cm³/mol. The van der Waals surface area contributed by atoms with Crippen LogP contribution in [0.15, 0.2) is 24.0 Å². The van der Waals surface area contributed by atoms with E-state index in [0.717, 1.165) is 30.4 Å². The molecule has 0 unspecified atom stereocenters. The lowest BCUT2D eigenvalue weighted by Gasteiger charge is -2.02. The van der Waals surface area contributed by atoms with Gasteiger partial charge in [0.1, 0.15) is 5.82 Å². The third-order valence-corrected chi connectivity index (χ3v) is 2.72. The van der Waals surface area contributed by atoms with Crippen molar-refractivity contribution in [3.8, 4) is 0 Å². The van der Waals surface area contributed by atoms with Crippen LogP contribution in [-0.2, 0) is 13.5 Å². The van der Waals surface area contributed by atoms with Crippen molar-refractivity contribution >= 4 is 15.9 Å². The number of imidazole rings is 1. The smallest absolute Gasteiger partial charge is 0.108 e. The summed E-state index contributed by atoms with van der Waals surface area (Å²) < 4.78 is 2.08. The van der Waals surface area contributed by atoms with Crippen molar-refractivity contribution in [1.82, 2.24) is 9.55 Å². The summed E-state index contributed by atoms with van der Waals surface area (Å²) in [6.45, 7) is 2.19. The summed E-state index contributed by atoms with van der Waals surface area (Å²) in [7, 11) is 2.04. The van der Waals surface area contributed by atoms with Crippen molar-refractivity contribution in [3.63, 3.8) is 0 Å². The Labute approximate surface area is 94.2 Å². The van der Waals surface area contributed by atoms with Crippen LogP contribution in [0.2, 0.25) is 0 Å². The Balaban J connectivity index is 2.37. The Bertz CT molecular complexity index is 302. The highest BCUT2D eigenvalue weighted by molar-refractivity contribution is 9.09. The SMILES string of the molecule is C/C(=C/CCBr)CCc1nccn1C. The first-order valence-electron chi connectivity index (χ1n) is 4.92. The second-order valence-electron chi connectivity index (χ2n) is 3.48. The monoisotopic (exact) mass is 256 g/mol. The van der Waals surface area contributed by atoms with E-state index in [1.807, 2.05) is 19.4 Å². The molecular formula is C11H17BrN2. The standard InChI is InChI=1S/C11H17BrN2/c1-10(4-3-7-12)5-6-11-13-8-9-14(11)2/h4,8-9H,3,5-7H2,1-2H3/b10-4-. The van der Waals surface area contributed by atoms with Crippen LogP contribution in [0, 0.1) is 0 Å². The number of rotatable bonds is 5. The summed E-state index contributed by atoms with van der Waals surface area (Å²) in [6.07, 6.45) is 9.40. The molecule has 0 fully saturated rings. The van der Waals surface area contributed by atoms with E-state index >= 15 is 0 Å². The molecule has 0 aliphatic carbocycles. The van der Waals surface area contributed by atoms with E-state index < -0.39 is 0 Å². The number of halogens is 1. The van der Waals surface area contributed by atoms with Gasteiger partial charge in [-0.25, -0.2) is 4.98 Å². The largest absolute Gasteiger partial charge is 0.338 e. The Hall–Kier alpha value is -0.570. The lowest BCUT2D eigenvalue weighted by atomic mass is 10.1. The molecule has 0 spiro atoms. The minimum Gasteiger partial charge on any atom is -0.338 e. The van der Waals surface area contributed by atoms with Crippen LogP contribution in [-0.4, -0.2) is 14.9 Å². The zero-order valence-corrected chi connectivity index (χ0v) is 10.4. The highest BCUT2D eigenvalue weighted by atomic mass is 79.9. The summed E-state index contributed by atoms with van der Waals surface area (Å²) in [5.74, 6) is 1.16. The summed E-state index contributed by atoms with van der Waals surface area (Å²) in [5.41, 5.74) is 1.45. The fourth-order valence-corrected chi connectivity index (χ4v) is 1.58. The van der Waals surface area contributed by atoms with Gasteiger partial charge in [-0.2, -0.15) is 0 Å². The molecule has 0 aliphatic heterocycles. The van der Waals surface area contributed by atoms with Crippen molar-refractivity contribution < 1.29 is 0 Å². The molecule has 0 N–H and O–H groups in total. The summed E-state index contributed by atoms with van der Waals surface area (Å²) >= 11 is 3.42. The summed E-state index contributed by atoms with van der Waals surface area (Å²) in [6, 6.07) is 0. The van der Waals surface area contributed by atoms with E-state index in [9.17, 15) is 0 Å². The van der Waals surface area contributed by atoms with Gasteiger partial charge in [0.2, 0.25) is 0 Å². The van der Waals surface area contributed by atoms with Crippen LogP contribution in [0.5, 0.6) is 0 Å². The Kier molecular flexibility index (Phi) is 4.94. The summed E-state index contributed by atoms with van der Waals surface area (Å²) in [5, 5.41) is 1.05. The van der Waals surface area contributed by atoms with Gasteiger partial charge in [-0.3, -0.25) is 0 Å². The Morgan fingerprint density at radius 2 is 2.43 bits per heavy atom. The minimum absolute atomic E-state index is 1.04. The van der Waals surface area contributed by atoms with Crippen LogP contribution < -0.4 is 0 Å². The second-order valence-corrected chi connectivity index (χ2v) is 4.28. The van der Waals surface area contributed by atoms with Gasteiger partial charge in [0, 0.05) is 31.2 Å². The highest BCUT2D eigenvalue weighted by Crippen LogP contribution is 2.07. The first-order valence-corrected chi connectivity index (χ1v) is 6.04. The van der Waals surface area contributed by atoms with Gasteiger partial charge in [0.25, 0.3) is 0 Å². The normalized spacial score (nSPS) is 12.1. The quantitative estimate of drug-likeness (QED) is 0.585. The first kappa shape index (κ1) is 11.5. The van der Waals surface area contributed by atoms with Crippen molar-refractivity contribution in [3.05, 3.63) is 29.9 Å². The third kappa shape index (κ3) is 3.66. The Morgan fingerprint density at radius 3 is 3.00 bits per heavy atom. The average molecular weight is 257 g/mol. The molecule has 0 bridgehead atoms. The van der Waals surface area contributed by atoms with Crippen molar-refractivity contribution in [2.24, 2.45) is 7.05 Å². The van der Waals surface area contributed by atoms with E-state index in [1.165, 1.54) is 5.57 Å². The molecule has 0 radical (unpaired) electrons. The fraction of sp³-hybridized carbons (Fsp3) is 0.545. The van der Waals surface area contributed by atoms with Gasteiger partial charge in [-0.15, -0.1) is 0 Å². The van der Waals surface area contributed by atoms with E-state index in [1.54, 1.807) is 0 Å². The van der Waals surface area contributed by atoms with E-state index in [-0.39, 0.29) is 0 Å². The minimum atomic E-state index is 1.04. The van der Waals surface area contributed by atoms with Crippen molar-refractivity contribution in [1.29, 1.82) is 0 Å². The maximum Gasteiger partial charge on any atom is 0.108 e. The van der Waals surface area contributed by atoms with Gasteiger partial charge in [-0.05, 0) is 19.8 Å². The lowest BCUT2D eigenvalue weighted by Crippen LogP contribution is -1.97. The first-order chi connectivity index (χ1) is 6.74. The molecule has 0 saturated carbocycles. The van der Waals surface area contributed by atoms with Crippen LogP contribution in [0.1, 0.15) is 25.6 Å². The molecule has 1 aromatic heterocycles. The fourth-order valence-electron chi connectivity index (χ4n) is 1.35.